The largest absolute Gasteiger partial charge is 0.508 e. The molecule has 4 atom stereocenters. The molecule has 0 bridgehead atoms. The number of carbonyl (C=O) groups is 2. The van der Waals surface area contributed by atoms with Gasteiger partial charge in [0.05, 0.1) is 25.0 Å². The Morgan fingerprint density at radius 1 is 0.681 bits per heavy atom. The molecule has 2 aromatic rings. The number of hydrogen-bond acceptors (Lipinski definition) is 10. The normalized spacial score (nSPS) is 14.6. The molecule has 4 unspecified atom stereocenters. The van der Waals surface area contributed by atoms with E-state index in [0.717, 1.165) is 28.4 Å². The number of ether oxygens (including phenoxy) is 4. The maximum Gasteiger partial charge on any atom is 0.310 e. The van der Waals surface area contributed by atoms with Crippen molar-refractivity contribution in [3.05, 3.63) is 59.7 Å². The molecule has 0 fully saturated rings. The molecule has 10 heteroatoms. The number of benzene rings is 2. The summed E-state index contributed by atoms with van der Waals surface area (Å²) >= 11 is 3.42. The van der Waals surface area contributed by atoms with Crippen LogP contribution in [-0.4, -0.2) is 76.4 Å². The van der Waals surface area contributed by atoms with E-state index in [1.165, 1.54) is 0 Å². The molecular weight excluding hydrogens is 637 g/mol. The van der Waals surface area contributed by atoms with Gasteiger partial charge in [-0.15, -0.1) is 0 Å². The molecule has 0 spiro atoms. The Hall–Kier alpha value is -2.40. The zero-order chi connectivity index (χ0) is 35.0. The Bertz CT molecular complexity index is 1190. The summed E-state index contributed by atoms with van der Waals surface area (Å²) in [7, 11) is 0. The number of esters is 2. The van der Waals surface area contributed by atoms with E-state index in [1.54, 1.807) is 47.8 Å². The smallest absolute Gasteiger partial charge is 0.310 e. The van der Waals surface area contributed by atoms with Crippen LogP contribution in [0, 0.1) is 11.8 Å². The predicted octanol–water partition coefficient (Wildman–Crippen LogP) is 8.16. The average molecular weight is 693 g/mol. The Morgan fingerprint density at radius 3 is 1.66 bits per heavy atom. The van der Waals surface area contributed by atoms with E-state index in [9.17, 15) is 19.8 Å². The molecule has 264 valence electrons. The third kappa shape index (κ3) is 17.5. The number of hydrogen-bond donors (Lipinski definition) is 2. The molecule has 0 amide bonds. The first-order valence-corrected chi connectivity index (χ1v) is 18.7. The van der Waals surface area contributed by atoms with Gasteiger partial charge in [0.1, 0.15) is 29.5 Å². The highest BCUT2D eigenvalue weighted by Gasteiger charge is 2.28. The number of phenols is 2. The van der Waals surface area contributed by atoms with Crippen LogP contribution in [0.15, 0.2) is 48.5 Å². The lowest BCUT2D eigenvalue weighted by Crippen LogP contribution is -2.30. The van der Waals surface area contributed by atoms with Crippen LogP contribution in [0.2, 0.25) is 0 Å². The van der Waals surface area contributed by atoms with Crippen LogP contribution < -0.4 is 0 Å². The monoisotopic (exact) mass is 692 g/mol. The fourth-order valence-electron chi connectivity index (χ4n) is 4.82. The molecule has 2 aromatic carbocycles. The first kappa shape index (κ1) is 40.8. The van der Waals surface area contributed by atoms with Crippen LogP contribution in [0.5, 0.6) is 11.5 Å². The molecule has 0 aliphatic rings. The first-order chi connectivity index (χ1) is 22.0. The van der Waals surface area contributed by atoms with Crippen LogP contribution in [0.25, 0.3) is 0 Å². The van der Waals surface area contributed by atoms with Crippen LogP contribution in [0.1, 0.15) is 91.2 Å². The van der Waals surface area contributed by atoms with E-state index >= 15 is 0 Å². The molecule has 0 aromatic heterocycles. The van der Waals surface area contributed by atoms with E-state index in [0.29, 0.717) is 31.8 Å². The number of thioether (sulfide) groups is 2. The standard InChI is InChI=1S/C37H56O8S2/c1-26(28-9-13-32(38)14-10-28)21-31(35(41)45-37(6,7)8)24-47-20-18-43-25-42-17-19-46-23-30(29-11-15-33(39)16-12-29)22-27(2)34(40)44-36(3,4)5/h9-16,26-27,30-31,38-39H,17-25H2,1-8H3. The van der Waals surface area contributed by atoms with Gasteiger partial charge in [-0.05, 0) is 102 Å². The second kappa shape index (κ2) is 20.2. The molecule has 0 heterocycles. The number of carbonyl (C=O) groups excluding carboxylic acids is 2. The summed E-state index contributed by atoms with van der Waals surface area (Å²) < 4.78 is 22.7. The minimum Gasteiger partial charge on any atom is -0.508 e. The summed E-state index contributed by atoms with van der Waals surface area (Å²) in [6.45, 7) is 16.5. The van der Waals surface area contributed by atoms with Gasteiger partial charge in [0.25, 0.3) is 0 Å². The highest BCUT2D eigenvalue weighted by atomic mass is 32.2. The van der Waals surface area contributed by atoms with Crippen molar-refractivity contribution in [2.24, 2.45) is 11.8 Å². The number of rotatable bonds is 20. The highest BCUT2D eigenvalue weighted by Crippen LogP contribution is 2.31. The summed E-state index contributed by atoms with van der Waals surface area (Å²) in [6, 6.07) is 14.3. The quantitative estimate of drug-likeness (QED) is 0.0801. The van der Waals surface area contributed by atoms with Crippen molar-refractivity contribution in [1.82, 2.24) is 0 Å². The molecule has 0 aliphatic carbocycles. The van der Waals surface area contributed by atoms with Gasteiger partial charge in [0.15, 0.2) is 0 Å². The maximum atomic E-state index is 13.0. The molecule has 0 saturated carbocycles. The van der Waals surface area contributed by atoms with Gasteiger partial charge in [-0.25, -0.2) is 0 Å². The van der Waals surface area contributed by atoms with Crippen molar-refractivity contribution < 1.29 is 38.7 Å². The van der Waals surface area contributed by atoms with Crippen molar-refractivity contribution in [2.45, 2.75) is 91.3 Å². The summed E-state index contributed by atoms with van der Waals surface area (Å²) in [5.74, 6) is 2.77. The van der Waals surface area contributed by atoms with Crippen LogP contribution in [0.4, 0.5) is 0 Å². The van der Waals surface area contributed by atoms with Crippen molar-refractivity contribution in [1.29, 1.82) is 0 Å². The maximum absolute atomic E-state index is 13.0. The highest BCUT2D eigenvalue weighted by molar-refractivity contribution is 7.99. The predicted molar refractivity (Wildman–Crippen MR) is 192 cm³/mol. The lowest BCUT2D eigenvalue weighted by molar-refractivity contribution is -0.160. The molecule has 2 rings (SSSR count). The van der Waals surface area contributed by atoms with Gasteiger partial charge in [-0.1, -0.05) is 38.1 Å². The Labute approximate surface area is 290 Å². The fourth-order valence-corrected chi connectivity index (χ4v) is 6.79. The summed E-state index contributed by atoms with van der Waals surface area (Å²) in [6.07, 6.45) is 1.31. The zero-order valence-electron chi connectivity index (χ0n) is 29.5. The van der Waals surface area contributed by atoms with Gasteiger partial charge < -0.3 is 29.2 Å². The SMILES string of the molecule is CC(CC(CSCCOCOCCSCC(CC(C)c1ccc(O)cc1)C(=O)OC(C)(C)C)c1ccc(O)cc1)C(=O)OC(C)(C)C. The van der Waals surface area contributed by atoms with Gasteiger partial charge in [-0.3, -0.25) is 9.59 Å². The van der Waals surface area contributed by atoms with E-state index in [4.69, 9.17) is 18.9 Å². The molecule has 2 N–H and O–H groups in total. The minimum atomic E-state index is -0.550. The second-order valence-corrected chi connectivity index (χ2v) is 16.3. The number of aromatic hydroxyl groups is 2. The van der Waals surface area contributed by atoms with Crippen molar-refractivity contribution in [2.75, 3.05) is 43.0 Å². The second-order valence-electron chi connectivity index (χ2n) is 14.0. The fraction of sp³-hybridized carbons (Fsp3) is 0.622. The van der Waals surface area contributed by atoms with Gasteiger partial charge in [0, 0.05) is 23.0 Å². The minimum absolute atomic E-state index is 0.130. The number of phenolic OH excluding ortho intramolecular Hbond substituents is 2. The molecule has 47 heavy (non-hydrogen) atoms. The third-order valence-electron chi connectivity index (χ3n) is 7.20. The lowest BCUT2D eigenvalue weighted by Gasteiger charge is -2.25. The molecule has 8 nitrogen and oxygen atoms in total. The Morgan fingerprint density at radius 2 is 1.15 bits per heavy atom. The lowest BCUT2D eigenvalue weighted by atomic mass is 9.91. The van der Waals surface area contributed by atoms with E-state index < -0.39 is 11.2 Å². The summed E-state index contributed by atoms with van der Waals surface area (Å²) in [4.78, 5) is 25.6. The third-order valence-corrected chi connectivity index (χ3v) is 9.39. The van der Waals surface area contributed by atoms with Crippen LogP contribution in [0.3, 0.4) is 0 Å². The Balaban J connectivity index is 1.71. The molecule has 0 saturated heterocycles. The van der Waals surface area contributed by atoms with Gasteiger partial charge >= 0.3 is 11.9 Å². The Kier molecular flexibility index (Phi) is 17.5. The van der Waals surface area contributed by atoms with Crippen molar-refractivity contribution >= 4 is 35.5 Å². The van der Waals surface area contributed by atoms with Gasteiger partial charge in [-0.2, -0.15) is 23.5 Å². The van der Waals surface area contributed by atoms with E-state index in [2.05, 4.69) is 6.92 Å². The average Bonchev–Trinajstić information content (AvgIpc) is 2.97. The summed E-state index contributed by atoms with van der Waals surface area (Å²) in [5.41, 5.74) is 1.08. The topological polar surface area (TPSA) is 112 Å². The molecular formula is C37H56O8S2. The van der Waals surface area contributed by atoms with E-state index in [1.807, 2.05) is 72.7 Å². The molecule has 0 radical (unpaired) electrons. The van der Waals surface area contributed by atoms with Crippen molar-refractivity contribution in [3.63, 3.8) is 0 Å². The van der Waals surface area contributed by atoms with Crippen LogP contribution in [-0.2, 0) is 28.5 Å². The summed E-state index contributed by atoms with van der Waals surface area (Å²) in [5, 5.41) is 19.3. The molecule has 0 aliphatic heterocycles. The first-order valence-electron chi connectivity index (χ1n) is 16.4. The van der Waals surface area contributed by atoms with Crippen LogP contribution >= 0.6 is 23.5 Å². The zero-order valence-corrected chi connectivity index (χ0v) is 31.1. The van der Waals surface area contributed by atoms with Crippen molar-refractivity contribution in [3.8, 4) is 11.5 Å². The van der Waals surface area contributed by atoms with E-state index in [-0.39, 0.29) is 53.9 Å². The van der Waals surface area contributed by atoms with Gasteiger partial charge in [0.2, 0.25) is 0 Å².